The number of hydrogen-bond donors (Lipinski definition) is 2. The minimum absolute atomic E-state index is 0.000972. The van der Waals surface area contributed by atoms with Crippen LogP contribution in [0, 0.1) is 6.92 Å². The number of anilines is 1. The van der Waals surface area contributed by atoms with Crippen LogP contribution in [0.4, 0.5) is 5.69 Å². The van der Waals surface area contributed by atoms with Crippen LogP contribution in [0.15, 0.2) is 23.1 Å². The molecule has 94 valence electrons. The van der Waals surface area contributed by atoms with Crippen LogP contribution in [-0.2, 0) is 9.84 Å². The van der Waals surface area contributed by atoms with Crippen LogP contribution in [0.3, 0.4) is 0 Å². The molecular formula is C12H18N2O2S. The maximum atomic E-state index is 12.1. The summed E-state index contributed by atoms with van der Waals surface area (Å²) in [5.41, 5.74) is 1.76. The first-order valence-corrected chi connectivity index (χ1v) is 7.43. The van der Waals surface area contributed by atoms with Gasteiger partial charge in [0.25, 0.3) is 0 Å². The van der Waals surface area contributed by atoms with E-state index in [9.17, 15) is 8.42 Å². The van der Waals surface area contributed by atoms with E-state index in [1.54, 1.807) is 12.1 Å². The number of para-hydroxylation sites is 1. The Morgan fingerprint density at radius 3 is 2.94 bits per heavy atom. The van der Waals surface area contributed by atoms with Gasteiger partial charge < -0.3 is 10.6 Å². The molecule has 0 saturated heterocycles. The Balaban J connectivity index is 2.35. The first-order chi connectivity index (χ1) is 8.04. The van der Waals surface area contributed by atoms with Gasteiger partial charge in [-0.2, -0.15) is 0 Å². The fourth-order valence-corrected chi connectivity index (χ4v) is 3.94. The molecule has 0 saturated carbocycles. The molecular weight excluding hydrogens is 236 g/mol. The molecule has 0 bridgehead atoms. The van der Waals surface area contributed by atoms with Gasteiger partial charge in [-0.1, -0.05) is 12.1 Å². The van der Waals surface area contributed by atoms with E-state index < -0.39 is 9.84 Å². The Hall–Kier alpha value is -1.07. The highest BCUT2D eigenvalue weighted by Crippen LogP contribution is 2.31. The molecule has 1 aromatic rings. The van der Waals surface area contributed by atoms with Gasteiger partial charge in [0.05, 0.1) is 16.3 Å². The summed E-state index contributed by atoms with van der Waals surface area (Å²) in [6.07, 6.45) is 0.809. The number of hydrogen-bond acceptors (Lipinski definition) is 4. The monoisotopic (exact) mass is 254 g/mol. The Labute approximate surface area is 102 Å². The van der Waals surface area contributed by atoms with Crippen molar-refractivity contribution in [3.05, 3.63) is 23.8 Å². The van der Waals surface area contributed by atoms with Crippen molar-refractivity contribution in [2.45, 2.75) is 24.3 Å². The molecule has 1 aliphatic heterocycles. The minimum atomic E-state index is -3.13. The third-order valence-corrected chi connectivity index (χ3v) is 4.93. The predicted molar refractivity (Wildman–Crippen MR) is 69.2 cm³/mol. The van der Waals surface area contributed by atoms with Crippen molar-refractivity contribution in [3.63, 3.8) is 0 Å². The van der Waals surface area contributed by atoms with Crippen LogP contribution >= 0.6 is 0 Å². The van der Waals surface area contributed by atoms with Gasteiger partial charge in [0, 0.05) is 6.04 Å². The van der Waals surface area contributed by atoms with Crippen LogP contribution in [0.2, 0.25) is 0 Å². The van der Waals surface area contributed by atoms with Gasteiger partial charge in [-0.15, -0.1) is 0 Å². The van der Waals surface area contributed by atoms with Crippen molar-refractivity contribution in [2.75, 3.05) is 24.7 Å². The molecule has 1 aromatic carbocycles. The third-order valence-electron chi connectivity index (χ3n) is 3.08. The molecule has 0 fully saturated rings. The SMILES string of the molecule is CNCCC1CS(=O)(=O)c2cccc(C)c2N1. The molecule has 0 amide bonds. The van der Waals surface area contributed by atoms with Gasteiger partial charge in [-0.05, 0) is 38.6 Å². The van der Waals surface area contributed by atoms with Crippen molar-refractivity contribution >= 4 is 15.5 Å². The van der Waals surface area contributed by atoms with Gasteiger partial charge in [-0.3, -0.25) is 0 Å². The molecule has 0 spiro atoms. The lowest BCUT2D eigenvalue weighted by Gasteiger charge is -2.28. The molecule has 1 heterocycles. The summed E-state index contributed by atoms with van der Waals surface area (Å²) in [4.78, 5) is 0.443. The second-order valence-corrected chi connectivity index (χ2v) is 6.47. The van der Waals surface area contributed by atoms with E-state index in [0.717, 1.165) is 24.2 Å². The number of nitrogens with one attached hydrogen (secondary N) is 2. The lowest BCUT2D eigenvalue weighted by atomic mass is 10.1. The fourth-order valence-electron chi connectivity index (χ4n) is 2.16. The zero-order chi connectivity index (χ0) is 12.5. The van der Waals surface area contributed by atoms with Crippen molar-refractivity contribution in [1.82, 2.24) is 5.32 Å². The Morgan fingerprint density at radius 1 is 1.47 bits per heavy atom. The lowest BCUT2D eigenvalue weighted by molar-refractivity contribution is 0.575. The standard InChI is InChI=1S/C12H18N2O2S/c1-9-4-3-5-11-12(9)14-10(6-7-13-2)8-17(11,15)16/h3-5,10,13-14H,6-8H2,1-2H3. The zero-order valence-corrected chi connectivity index (χ0v) is 11.0. The normalized spacial score (nSPS) is 21.6. The van der Waals surface area contributed by atoms with Crippen molar-refractivity contribution in [1.29, 1.82) is 0 Å². The molecule has 0 aromatic heterocycles. The van der Waals surface area contributed by atoms with Crippen molar-refractivity contribution in [3.8, 4) is 0 Å². The summed E-state index contributed by atoms with van der Waals surface area (Å²) in [5, 5.41) is 6.38. The average molecular weight is 254 g/mol. The summed E-state index contributed by atoms with van der Waals surface area (Å²) in [7, 11) is -1.26. The van der Waals surface area contributed by atoms with E-state index in [2.05, 4.69) is 10.6 Å². The van der Waals surface area contributed by atoms with E-state index in [1.807, 2.05) is 20.0 Å². The summed E-state index contributed by atoms with van der Waals surface area (Å²) in [6.45, 7) is 2.75. The Morgan fingerprint density at radius 2 is 2.24 bits per heavy atom. The molecule has 4 nitrogen and oxygen atoms in total. The van der Waals surface area contributed by atoms with Gasteiger partial charge in [0.15, 0.2) is 9.84 Å². The van der Waals surface area contributed by atoms with Gasteiger partial charge >= 0.3 is 0 Å². The average Bonchev–Trinajstić information content (AvgIpc) is 2.27. The summed E-state index contributed by atoms with van der Waals surface area (Å²) >= 11 is 0. The third kappa shape index (κ3) is 2.45. The van der Waals surface area contributed by atoms with Crippen LogP contribution in [0.1, 0.15) is 12.0 Å². The summed E-state index contributed by atoms with van der Waals surface area (Å²) < 4.78 is 24.3. The van der Waals surface area contributed by atoms with E-state index in [0.29, 0.717) is 4.90 Å². The van der Waals surface area contributed by atoms with E-state index >= 15 is 0 Å². The predicted octanol–water partition coefficient (Wildman–Crippen LogP) is 1.17. The van der Waals surface area contributed by atoms with Crippen molar-refractivity contribution in [2.24, 2.45) is 0 Å². The number of sulfone groups is 1. The Bertz CT molecular complexity index is 511. The fraction of sp³-hybridized carbons (Fsp3) is 0.500. The molecule has 1 aliphatic rings. The maximum absolute atomic E-state index is 12.1. The topological polar surface area (TPSA) is 58.2 Å². The van der Waals surface area contributed by atoms with E-state index in [4.69, 9.17) is 0 Å². The molecule has 5 heteroatoms. The molecule has 2 rings (SSSR count). The molecule has 2 N–H and O–H groups in total. The number of benzene rings is 1. The number of fused-ring (bicyclic) bond motifs is 1. The molecule has 1 atom stereocenters. The summed E-state index contributed by atoms with van der Waals surface area (Å²) in [6, 6.07) is 5.41. The zero-order valence-electron chi connectivity index (χ0n) is 10.2. The quantitative estimate of drug-likeness (QED) is 0.850. The minimum Gasteiger partial charge on any atom is -0.380 e. The number of aryl methyl sites for hydroxylation is 1. The first-order valence-electron chi connectivity index (χ1n) is 5.78. The molecule has 0 radical (unpaired) electrons. The van der Waals surface area contributed by atoms with Gasteiger partial charge in [-0.25, -0.2) is 8.42 Å². The molecule has 17 heavy (non-hydrogen) atoms. The van der Waals surface area contributed by atoms with Gasteiger partial charge in [0.1, 0.15) is 0 Å². The van der Waals surface area contributed by atoms with E-state index in [1.165, 1.54) is 0 Å². The highest BCUT2D eigenvalue weighted by atomic mass is 32.2. The van der Waals surface area contributed by atoms with E-state index in [-0.39, 0.29) is 11.8 Å². The van der Waals surface area contributed by atoms with Crippen LogP contribution in [0.25, 0.3) is 0 Å². The summed E-state index contributed by atoms with van der Waals surface area (Å²) in [5.74, 6) is 0.186. The van der Waals surface area contributed by atoms with Crippen LogP contribution in [0.5, 0.6) is 0 Å². The number of rotatable bonds is 3. The lowest BCUT2D eigenvalue weighted by Crippen LogP contribution is -2.36. The molecule has 1 unspecified atom stereocenters. The first kappa shape index (κ1) is 12.4. The van der Waals surface area contributed by atoms with Crippen molar-refractivity contribution < 1.29 is 8.42 Å². The second kappa shape index (κ2) is 4.66. The van der Waals surface area contributed by atoms with Crippen LogP contribution in [-0.4, -0.2) is 33.8 Å². The largest absolute Gasteiger partial charge is 0.380 e. The highest BCUT2D eigenvalue weighted by molar-refractivity contribution is 7.91. The highest BCUT2D eigenvalue weighted by Gasteiger charge is 2.30. The molecule has 0 aliphatic carbocycles. The smallest absolute Gasteiger partial charge is 0.182 e. The van der Waals surface area contributed by atoms with Crippen LogP contribution < -0.4 is 10.6 Å². The maximum Gasteiger partial charge on any atom is 0.182 e. The second-order valence-electron chi connectivity index (χ2n) is 4.46. The van der Waals surface area contributed by atoms with Gasteiger partial charge in [0.2, 0.25) is 0 Å². The Kier molecular flexibility index (Phi) is 3.40.